The normalized spacial score (nSPS) is 23.4. The lowest BCUT2D eigenvalue weighted by Gasteiger charge is -2.17. The Balaban J connectivity index is 1.73. The molecule has 0 radical (unpaired) electrons. The summed E-state index contributed by atoms with van der Waals surface area (Å²) in [5.74, 6) is 0.715. The Morgan fingerprint density at radius 3 is 2.80 bits per heavy atom. The number of benzene rings is 1. The minimum Gasteiger partial charge on any atom is -0.491 e. The third-order valence-electron chi connectivity index (χ3n) is 3.33. The average molecular weight is 278 g/mol. The highest BCUT2D eigenvalue weighted by Crippen LogP contribution is 2.11. The SMILES string of the molecule is Cc1ccc(OCC(C)NC(=O)C2CC(O)CN2)cc1. The first-order chi connectivity index (χ1) is 9.54. The summed E-state index contributed by atoms with van der Waals surface area (Å²) in [7, 11) is 0. The van der Waals surface area contributed by atoms with E-state index in [4.69, 9.17) is 4.74 Å². The predicted molar refractivity (Wildman–Crippen MR) is 76.7 cm³/mol. The number of ether oxygens (including phenoxy) is 1. The van der Waals surface area contributed by atoms with Crippen LogP contribution in [0.4, 0.5) is 0 Å². The molecule has 5 nitrogen and oxygen atoms in total. The third-order valence-corrected chi connectivity index (χ3v) is 3.33. The van der Waals surface area contributed by atoms with Gasteiger partial charge in [-0.3, -0.25) is 4.79 Å². The highest BCUT2D eigenvalue weighted by Gasteiger charge is 2.28. The number of amides is 1. The van der Waals surface area contributed by atoms with Crippen LogP contribution in [0.5, 0.6) is 5.75 Å². The molecule has 1 aliphatic heterocycles. The molecule has 0 saturated carbocycles. The lowest BCUT2D eigenvalue weighted by molar-refractivity contribution is -0.123. The molecule has 1 heterocycles. The monoisotopic (exact) mass is 278 g/mol. The van der Waals surface area contributed by atoms with Gasteiger partial charge in [0.05, 0.1) is 18.2 Å². The summed E-state index contributed by atoms with van der Waals surface area (Å²) >= 11 is 0. The lowest BCUT2D eigenvalue weighted by Crippen LogP contribution is -2.46. The Kier molecular flexibility index (Phi) is 4.98. The van der Waals surface area contributed by atoms with Gasteiger partial charge >= 0.3 is 0 Å². The molecule has 0 aliphatic carbocycles. The fraction of sp³-hybridized carbons (Fsp3) is 0.533. The van der Waals surface area contributed by atoms with Gasteiger partial charge in [-0.1, -0.05) is 17.7 Å². The van der Waals surface area contributed by atoms with Crippen molar-refractivity contribution in [3.8, 4) is 5.75 Å². The van der Waals surface area contributed by atoms with Gasteiger partial charge in [-0.05, 0) is 32.4 Å². The molecule has 2 rings (SSSR count). The molecule has 3 atom stereocenters. The molecule has 1 aromatic rings. The van der Waals surface area contributed by atoms with E-state index in [1.165, 1.54) is 5.56 Å². The fourth-order valence-corrected chi connectivity index (χ4v) is 2.16. The van der Waals surface area contributed by atoms with Gasteiger partial charge in [0, 0.05) is 6.54 Å². The Bertz CT molecular complexity index is 447. The van der Waals surface area contributed by atoms with Crippen molar-refractivity contribution in [2.45, 2.75) is 38.5 Å². The number of aliphatic hydroxyl groups is 1. The number of rotatable bonds is 5. The maximum Gasteiger partial charge on any atom is 0.237 e. The Morgan fingerprint density at radius 1 is 1.50 bits per heavy atom. The van der Waals surface area contributed by atoms with Gasteiger partial charge in [0.25, 0.3) is 0 Å². The second-order valence-electron chi connectivity index (χ2n) is 5.38. The van der Waals surface area contributed by atoms with Gasteiger partial charge in [-0.2, -0.15) is 0 Å². The summed E-state index contributed by atoms with van der Waals surface area (Å²) in [6.07, 6.45) is 0.0436. The topological polar surface area (TPSA) is 70.6 Å². The number of hydrogen-bond acceptors (Lipinski definition) is 4. The van der Waals surface area contributed by atoms with Crippen LogP contribution >= 0.6 is 0 Å². The van der Waals surface area contributed by atoms with E-state index < -0.39 is 6.10 Å². The summed E-state index contributed by atoms with van der Waals surface area (Å²) < 4.78 is 5.62. The van der Waals surface area contributed by atoms with E-state index in [-0.39, 0.29) is 18.0 Å². The maximum absolute atomic E-state index is 11.9. The molecule has 0 spiro atoms. The minimum absolute atomic E-state index is 0.0802. The molecule has 3 N–H and O–H groups in total. The van der Waals surface area contributed by atoms with Crippen molar-refractivity contribution >= 4 is 5.91 Å². The van der Waals surface area contributed by atoms with Gasteiger partial charge in [0.15, 0.2) is 0 Å². The van der Waals surface area contributed by atoms with E-state index >= 15 is 0 Å². The van der Waals surface area contributed by atoms with Crippen molar-refractivity contribution in [2.75, 3.05) is 13.2 Å². The van der Waals surface area contributed by atoms with Crippen molar-refractivity contribution in [1.29, 1.82) is 0 Å². The molecule has 3 unspecified atom stereocenters. The number of aryl methyl sites for hydroxylation is 1. The van der Waals surface area contributed by atoms with Crippen molar-refractivity contribution < 1.29 is 14.6 Å². The van der Waals surface area contributed by atoms with E-state index in [0.29, 0.717) is 19.6 Å². The molecule has 1 aromatic carbocycles. The number of β-amino-alcohol motifs (C(OH)–C–C–N with tert-alkyl or cyclic N) is 1. The minimum atomic E-state index is -0.426. The second-order valence-corrected chi connectivity index (χ2v) is 5.38. The number of carbonyl (C=O) groups is 1. The summed E-state index contributed by atoms with van der Waals surface area (Å²) in [4.78, 5) is 11.9. The molecular formula is C15H22N2O3. The van der Waals surface area contributed by atoms with Crippen LogP contribution in [0.1, 0.15) is 18.9 Å². The third kappa shape index (κ3) is 4.21. The molecule has 110 valence electrons. The Labute approximate surface area is 119 Å². The highest BCUT2D eigenvalue weighted by molar-refractivity contribution is 5.82. The molecule has 20 heavy (non-hydrogen) atoms. The van der Waals surface area contributed by atoms with Gasteiger partial charge in [-0.25, -0.2) is 0 Å². The zero-order valence-electron chi connectivity index (χ0n) is 11.9. The first-order valence-corrected chi connectivity index (χ1v) is 6.96. The van der Waals surface area contributed by atoms with Crippen LogP contribution < -0.4 is 15.4 Å². The second kappa shape index (κ2) is 6.72. The van der Waals surface area contributed by atoms with Crippen LogP contribution in [0.15, 0.2) is 24.3 Å². The number of aliphatic hydroxyl groups excluding tert-OH is 1. The average Bonchev–Trinajstić information content (AvgIpc) is 2.85. The number of carbonyl (C=O) groups excluding carboxylic acids is 1. The standard InChI is InChI=1S/C15H22N2O3/c1-10-3-5-13(6-4-10)20-9-11(2)17-15(19)14-7-12(18)8-16-14/h3-6,11-12,14,16,18H,7-9H2,1-2H3,(H,17,19). The van der Waals surface area contributed by atoms with Gasteiger partial charge in [0.2, 0.25) is 5.91 Å². The summed E-state index contributed by atoms with van der Waals surface area (Å²) in [6, 6.07) is 7.43. The smallest absolute Gasteiger partial charge is 0.237 e. The van der Waals surface area contributed by atoms with E-state index in [9.17, 15) is 9.90 Å². The van der Waals surface area contributed by atoms with Crippen molar-refractivity contribution in [1.82, 2.24) is 10.6 Å². The molecular weight excluding hydrogens is 256 g/mol. The summed E-state index contributed by atoms with van der Waals surface area (Å²) in [5.41, 5.74) is 1.18. The number of hydrogen-bond donors (Lipinski definition) is 3. The molecule has 0 aromatic heterocycles. The van der Waals surface area contributed by atoms with Crippen LogP contribution in [-0.2, 0) is 4.79 Å². The van der Waals surface area contributed by atoms with E-state index in [1.54, 1.807) is 0 Å². The molecule has 1 aliphatic rings. The van der Waals surface area contributed by atoms with Gasteiger partial charge in [-0.15, -0.1) is 0 Å². The van der Waals surface area contributed by atoms with Crippen LogP contribution in [0, 0.1) is 6.92 Å². The molecule has 1 fully saturated rings. The van der Waals surface area contributed by atoms with Crippen LogP contribution in [0.2, 0.25) is 0 Å². The van der Waals surface area contributed by atoms with Crippen LogP contribution in [0.3, 0.4) is 0 Å². The molecule has 1 amide bonds. The van der Waals surface area contributed by atoms with Gasteiger partial charge < -0.3 is 20.5 Å². The van der Waals surface area contributed by atoms with Crippen molar-refractivity contribution in [3.05, 3.63) is 29.8 Å². The zero-order chi connectivity index (χ0) is 14.5. The van der Waals surface area contributed by atoms with Gasteiger partial charge in [0.1, 0.15) is 12.4 Å². The molecule has 0 bridgehead atoms. The Morgan fingerprint density at radius 2 is 2.20 bits per heavy atom. The largest absolute Gasteiger partial charge is 0.491 e. The maximum atomic E-state index is 11.9. The van der Waals surface area contributed by atoms with Crippen molar-refractivity contribution in [3.63, 3.8) is 0 Å². The highest BCUT2D eigenvalue weighted by atomic mass is 16.5. The quantitative estimate of drug-likeness (QED) is 0.738. The Hall–Kier alpha value is -1.59. The van der Waals surface area contributed by atoms with Crippen LogP contribution in [0.25, 0.3) is 0 Å². The summed E-state index contributed by atoms with van der Waals surface area (Å²) in [5, 5.41) is 15.3. The first kappa shape index (κ1) is 14.8. The van der Waals surface area contributed by atoms with Crippen molar-refractivity contribution in [2.24, 2.45) is 0 Å². The lowest BCUT2D eigenvalue weighted by atomic mass is 10.2. The zero-order valence-corrected chi connectivity index (χ0v) is 11.9. The van der Waals surface area contributed by atoms with E-state index in [1.807, 2.05) is 38.1 Å². The van der Waals surface area contributed by atoms with Crippen LogP contribution in [-0.4, -0.2) is 42.4 Å². The molecule has 1 saturated heterocycles. The van der Waals surface area contributed by atoms with E-state index in [0.717, 1.165) is 5.75 Å². The number of nitrogens with one attached hydrogen (secondary N) is 2. The van der Waals surface area contributed by atoms with E-state index in [2.05, 4.69) is 10.6 Å². The predicted octanol–water partition coefficient (Wildman–Crippen LogP) is 0.601. The molecule has 5 heteroatoms. The first-order valence-electron chi connectivity index (χ1n) is 6.96. The fourth-order valence-electron chi connectivity index (χ4n) is 2.16. The summed E-state index contributed by atoms with van der Waals surface area (Å²) in [6.45, 7) is 4.82.